The van der Waals surface area contributed by atoms with Gasteiger partial charge in [-0.05, 0) is 68.1 Å². The van der Waals surface area contributed by atoms with Gasteiger partial charge in [0.15, 0.2) is 0 Å². The zero-order valence-corrected chi connectivity index (χ0v) is 15.2. The van der Waals surface area contributed by atoms with Gasteiger partial charge >= 0.3 is 0 Å². The van der Waals surface area contributed by atoms with Gasteiger partial charge in [0.2, 0.25) is 0 Å². The predicted octanol–water partition coefficient (Wildman–Crippen LogP) is 6.98. The molecule has 0 aliphatic heterocycles. The molecule has 0 saturated carbocycles. The molecule has 4 aromatic rings. The van der Waals surface area contributed by atoms with E-state index in [2.05, 4.69) is 76.2 Å². The molecule has 4 aromatic carbocycles. The predicted molar refractivity (Wildman–Crippen MR) is 107 cm³/mol. The van der Waals surface area contributed by atoms with Crippen molar-refractivity contribution in [2.75, 3.05) is 0 Å². The van der Waals surface area contributed by atoms with E-state index in [0.29, 0.717) is 11.8 Å². The Morgan fingerprint density at radius 2 is 0.917 bits per heavy atom. The Balaban J connectivity index is 2.09. The highest BCUT2D eigenvalue weighted by molar-refractivity contribution is 6.24. The molecule has 0 saturated heterocycles. The first-order valence-electron chi connectivity index (χ1n) is 9.23. The van der Waals surface area contributed by atoms with E-state index in [1.165, 1.54) is 43.4 Å². The Hall–Kier alpha value is -2.08. The van der Waals surface area contributed by atoms with Crippen LogP contribution in [0.3, 0.4) is 0 Å². The highest BCUT2D eigenvalue weighted by Gasteiger charge is 2.13. The Kier molecular flexibility index (Phi) is 3.72. The Morgan fingerprint density at radius 3 is 1.29 bits per heavy atom. The summed E-state index contributed by atoms with van der Waals surface area (Å²) in [4.78, 5) is 0. The van der Waals surface area contributed by atoms with Gasteiger partial charge in [-0.25, -0.2) is 0 Å². The largest absolute Gasteiger partial charge is 0.0625 e. The average molecular weight is 314 g/mol. The van der Waals surface area contributed by atoms with E-state index >= 15 is 0 Å². The van der Waals surface area contributed by atoms with Crippen LogP contribution in [0.25, 0.3) is 32.3 Å². The minimum atomic E-state index is 0.681. The second kappa shape index (κ2) is 5.77. The lowest BCUT2D eigenvalue weighted by Crippen LogP contribution is -1.98. The first kappa shape index (κ1) is 15.4. The molecule has 0 unspecified atom stereocenters. The average Bonchev–Trinajstić information content (AvgIpc) is 2.54. The lowest BCUT2D eigenvalue weighted by atomic mass is 9.87. The smallest absolute Gasteiger partial charge is 0.00239 e. The third-order valence-corrected chi connectivity index (χ3v) is 5.10. The van der Waals surface area contributed by atoms with Crippen molar-refractivity contribution in [3.8, 4) is 0 Å². The highest BCUT2D eigenvalue weighted by Crippen LogP contribution is 2.38. The first-order valence-corrected chi connectivity index (χ1v) is 9.23. The van der Waals surface area contributed by atoms with Gasteiger partial charge < -0.3 is 0 Å². The second-order valence-corrected chi connectivity index (χ2v) is 8.07. The van der Waals surface area contributed by atoms with Gasteiger partial charge in [-0.1, -0.05) is 76.2 Å². The van der Waals surface area contributed by atoms with Gasteiger partial charge in [-0.15, -0.1) is 0 Å². The lowest BCUT2D eigenvalue weighted by molar-refractivity contribution is 0.650. The number of hydrogen-bond donors (Lipinski definition) is 0. The summed E-state index contributed by atoms with van der Waals surface area (Å²) in [6.07, 6.45) is 2.29. The number of rotatable bonds is 4. The topological polar surface area (TPSA) is 0 Å². The summed E-state index contributed by atoms with van der Waals surface area (Å²) in [6, 6.07) is 18.6. The quantitative estimate of drug-likeness (QED) is 0.356. The van der Waals surface area contributed by atoms with Crippen molar-refractivity contribution in [3.05, 3.63) is 59.7 Å². The molecule has 0 aliphatic rings. The summed E-state index contributed by atoms with van der Waals surface area (Å²) in [5.74, 6) is 1.36. The number of hydrogen-bond acceptors (Lipinski definition) is 0. The molecular formula is C24H26. The zero-order valence-electron chi connectivity index (χ0n) is 15.2. The minimum absolute atomic E-state index is 0.681. The summed E-state index contributed by atoms with van der Waals surface area (Å²) >= 11 is 0. The van der Waals surface area contributed by atoms with Gasteiger partial charge in [-0.3, -0.25) is 0 Å². The van der Waals surface area contributed by atoms with Gasteiger partial charge in [-0.2, -0.15) is 0 Å². The standard InChI is InChI=1S/C24H26/c1-15(2)13-19-7-5-17-10-12-22-20(14-16(3)4)8-6-18-9-11-21(19)23(17)24(18)22/h5-12,15-16H,13-14H2,1-4H3. The van der Waals surface area contributed by atoms with Crippen molar-refractivity contribution in [2.24, 2.45) is 11.8 Å². The van der Waals surface area contributed by atoms with Crippen molar-refractivity contribution < 1.29 is 0 Å². The van der Waals surface area contributed by atoms with Crippen molar-refractivity contribution in [1.29, 1.82) is 0 Å². The molecule has 0 aliphatic carbocycles. The molecule has 4 rings (SSSR count). The van der Waals surface area contributed by atoms with Gasteiger partial charge in [0, 0.05) is 0 Å². The summed E-state index contributed by atoms with van der Waals surface area (Å²) in [5, 5.41) is 8.57. The van der Waals surface area contributed by atoms with Crippen LogP contribution in [0.15, 0.2) is 48.5 Å². The van der Waals surface area contributed by atoms with E-state index in [9.17, 15) is 0 Å². The molecule has 0 spiro atoms. The molecule has 122 valence electrons. The highest BCUT2D eigenvalue weighted by atomic mass is 14.2. The van der Waals surface area contributed by atoms with E-state index < -0.39 is 0 Å². The third kappa shape index (κ3) is 2.45. The molecule has 0 bridgehead atoms. The minimum Gasteiger partial charge on any atom is -0.0625 e. The summed E-state index contributed by atoms with van der Waals surface area (Å²) in [6.45, 7) is 9.22. The second-order valence-electron chi connectivity index (χ2n) is 8.07. The van der Waals surface area contributed by atoms with Gasteiger partial charge in [0.1, 0.15) is 0 Å². The molecule has 0 heteroatoms. The van der Waals surface area contributed by atoms with Crippen LogP contribution in [0.1, 0.15) is 38.8 Å². The molecule has 24 heavy (non-hydrogen) atoms. The summed E-state index contributed by atoms with van der Waals surface area (Å²) < 4.78 is 0. The van der Waals surface area contributed by atoms with E-state index in [1.54, 1.807) is 0 Å². The van der Waals surface area contributed by atoms with E-state index in [0.717, 1.165) is 12.8 Å². The zero-order chi connectivity index (χ0) is 16.8. The molecule has 0 amide bonds. The van der Waals surface area contributed by atoms with Crippen molar-refractivity contribution in [1.82, 2.24) is 0 Å². The Bertz CT molecular complexity index is 921. The van der Waals surface area contributed by atoms with Crippen LogP contribution < -0.4 is 0 Å². The maximum Gasteiger partial charge on any atom is -0.00239 e. The third-order valence-electron chi connectivity index (χ3n) is 5.10. The van der Waals surface area contributed by atoms with Crippen LogP contribution in [0.2, 0.25) is 0 Å². The van der Waals surface area contributed by atoms with Crippen LogP contribution in [-0.4, -0.2) is 0 Å². The van der Waals surface area contributed by atoms with Crippen LogP contribution in [0.4, 0.5) is 0 Å². The normalized spacial score (nSPS) is 12.4. The fraction of sp³-hybridized carbons (Fsp3) is 0.333. The Morgan fingerprint density at radius 1 is 0.542 bits per heavy atom. The fourth-order valence-electron chi connectivity index (χ4n) is 4.16. The van der Waals surface area contributed by atoms with Crippen LogP contribution >= 0.6 is 0 Å². The monoisotopic (exact) mass is 314 g/mol. The lowest BCUT2D eigenvalue weighted by Gasteiger charge is -2.17. The maximum absolute atomic E-state index is 2.34. The van der Waals surface area contributed by atoms with Crippen LogP contribution in [-0.2, 0) is 12.8 Å². The molecule has 0 nitrogen and oxygen atoms in total. The van der Waals surface area contributed by atoms with Gasteiger partial charge in [0.05, 0.1) is 0 Å². The van der Waals surface area contributed by atoms with Gasteiger partial charge in [0.25, 0.3) is 0 Å². The van der Waals surface area contributed by atoms with E-state index in [4.69, 9.17) is 0 Å². The number of benzene rings is 4. The van der Waals surface area contributed by atoms with Crippen LogP contribution in [0, 0.1) is 11.8 Å². The maximum atomic E-state index is 2.34. The molecule has 0 radical (unpaired) electrons. The molecule has 0 heterocycles. The van der Waals surface area contributed by atoms with Crippen LogP contribution in [0.5, 0.6) is 0 Å². The van der Waals surface area contributed by atoms with Crippen molar-refractivity contribution in [2.45, 2.75) is 40.5 Å². The van der Waals surface area contributed by atoms with E-state index in [1.807, 2.05) is 0 Å². The fourth-order valence-corrected chi connectivity index (χ4v) is 4.16. The molecule has 0 aromatic heterocycles. The molecule has 0 N–H and O–H groups in total. The molecular weight excluding hydrogens is 288 g/mol. The van der Waals surface area contributed by atoms with Crippen molar-refractivity contribution in [3.63, 3.8) is 0 Å². The van der Waals surface area contributed by atoms with E-state index in [-0.39, 0.29) is 0 Å². The van der Waals surface area contributed by atoms with Crippen molar-refractivity contribution >= 4 is 32.3 Å². The first-order chi connectivity index (χ1) is 11.5. The Labute approximate surface area is 144 Å². The molecule has 0 fully saturated rings. The molecule has 0 atom stereocenters. The summed E-state index contributed by atoms with van der Waals surface area (Å²) in [7, 11) is 0. The SMILES string of the molecule is CC(C)Cc1ccc2ccc3c(CC(C)C)ccc4ccc1c2c43. The summed E-state index contributed by atoms with van der Waals surface area (Å²) in [5.41, 5.74) is 2.97.